The molecule has 0 unspecified atom stereocenters. The average molecular weight is 446 g/mol. The van der Waals surface area contributed by atoms with Crippen LogP contribution < -0.4 is 5.32 Å². The maximum Gasteiger partial charge on any atom is 0.254 e. The number of sulfone groups is 1. The van der Waals surface area contributed by atoms with Crippen LogP contribution in [0.5, 0.6) is 0 Å². The molecule has 2 heterocycles. The van der Waals surface area contributed by atoms with Crippen LogP contribution in [-0.2, 0) is 16.4 Å². The van der Waals surface area contributed by atoms with Crippen LogP contribution in [-0.4, -0.2) is 46.4 Å². The Bertz CT molecular complexity index is 1170. The molecule has 4 rings (SSSR count). The SMILES string of the molecule is CS(=O)(=O)c1ncc(Cn2cc(C(=O)N[C@H]3C[C@@H](c4cccc(Cl)c4)C3)cn2)cn1. The molecule has 1 fully saturated rings. The number of nitrogens with zero attached hydrogens (tertiary/aromatic N) is 4. The van der Waals surface area contributed by atoms with Crippen molar-refractivity contribution in [3.63, 3.8) is 0 Å². The van der Waals surface area contributed by atoms with Gasteiger partial charge in [0.15, 0.2) is 0 Å². The molecule has 1 saturated carbocycles. The van der Waals surface area contributed by atoms with Crippen molar-refractivity contribution >= 4 is 27.3 Å². The van der Waals surface area contributed by atoms with Gasteiger partial charge in [-0.15, -0.1) is 0 Å². The summed E-state index contributed by atoms with van der Waals surface area (Å²) in [6.07, 6.45) is 8.85. The van der Waals surface area contributed by atoms with E-state index in [1.807, 2.05) is 18.2 Å². The summed E-state index contributed by atoms with van der Waals surface area (Å²) >= 11 is 6.05. The minimum atomic E-state index is -3.44. The van der Waals surface area contributed by atoms with Crippen LogP contribution >= 0.6 is 11.6 Å². The first-order chi connectivity index (χ1) is 14.3. The Morgan fingerprint density at radius 3 is 2.63 bits per heavy atom. The van der Waals surface area contributed by atoms with Crippen molar-refractivity contribution in [2.24, 2.45) is 0 Å². The van der Waals surface area contributed by atoms with Crippen LogP contribution in [0.1, 0.15) is 40.2 Å². The first-order valence-corrected chi connectivity index (χ1v) is 11.6. The third-order valence-corrected chi connectivity index (χ3v) is 6.16. The molecule has 0 bridgehead atoms. The number of hydrogen-bond acceptors (Lipinski definition) is 6. The molecule has 0 aliphatic heterocycles. The van der Waals surface area contributed by atoms with Gasteiger partial charge in [0.1, 0.15) is 0 Å². The van der Waals surface area contributed by atoms with Gasteiger partial charge in [0.05, 0.1) is 18.3 Å². The number of carbonyl (C=O) groups excluding carboxylic acids is 1. The number of aromatic nitrogens is 4. The molecule has 30 heavy (non-hydrogen) atoms. The number of hydrogen-bond donors (Lipinski definition) is 1. The fraction of sp³-hybridized carbons (Fsp3) is 0.300. The molecule has 10 heteroatoms. The second-order valence-electron chi connectivity index (χ2n) is 7.47. The van der Waals surface area contributed by atoms with Crippen molar-refractivity contribution in [3.05, 3.63) is 70.8 Å². The molecular weight excluding hydrogens is 426 g/mol. The molecule has 2 aromatic heterocycles. The molecule has 1 amide bonds. The minimum absolute atomic E-state index is 0.127. The maximum atomic E-state index is 12.5. The Hall–Kier alpha value is -2.78. The quantitative estimate of drug-likeness (QED) is 0.584. The average Bonchev–Trinajstić information content (AvgIpc) is 3.12. The number of benzene rings is 1. The molecule has 1 aromatic carbocycles. The Kier molecular flexibility index (Phi) is 5.57. The lowest BCUT2D eigenvalue weighted by atomic mass is 9.76. The van der Waals surface area contributed by atoms with Gasteiger partial charge >= 0.3 is 0 Å². The number of rotatable bonds is 6. The zero-order valence-electron chi connectivity index (χ0n) is 16.2. The smallest absolute Gasteiger partial charge is 0.254 e. The highest BCUT2D eigenvalue weighted by molar-refractivity contribution is 7.90. The summed E-state index contributed by atoms with van der Waals surface area (Å²) in [5.74, 6) is 0.242. The Labute approximate surface area is 179 Å². The van der Waals surface area contributed by atoms with E-state index in [1.165, 1.54) is 24.2 Å². The van der Waals surface area contributed by atoms with Gasteiger partial charge in [-0.1, -0.05) is 23.7 Å². The summed E-state index contributed by atoms with van der Waals surface area (Å²) in [5, 5.41) is 7.73. The third-order valence-electron chi connectivity index (χ3n) is 5.05. The number of amides is 1. The second kappa shape index (κ2) is 8.16. The molecule has 3 aromatic rings. The van der Waals surface area contributed by atoms with Gasteiger partial charge in [0.25, 0.3) is 5.91 Å². The maximum absolute atomic E-state index is 12.5. The van der Waals surface area contributed by atoms with Crippen molar-refractivity contribution in [2.75, 3.05) is 6.26 Å². The van der Waals surface area contributed by atoms with Crippen LogP contribution in [0.25, 0.3) is 0 Å². The van der Waals surface area contributed by atoms with E-state index in [-0.39, 0.29) is 17.1 Å². The standard InChI is InChI=1S/C20H20ClN5O3S/c1-30(28,29)20-22-8-13(9-23-20)11-26-12-16(10-24-26)19(27)25-18-6-15(7-18)14-3-2-4-17(21)5-14/h2-5,8-10,12,15,18H,6-7,11H2,1H3,(H,25,27)/t15-,18+. The first kappa shape index (κ1) is 20.5. The van der Waals surface area contributed by atoms with Gasteiger partial charge in [-0.25, -0.2) is 18.4 Å². The highest BCUT2D eigenvalue weighted by Gasteiger charge is 2.31. The molecule has 0 saturated heterocycles. The van der Waals surface area contributed by atoms with E-state index in [9.17, 15) is 13.2 Å². The largest absolute Gasteiger partial charge is 0.349 e. The molecule has 0 radical (unpaired) electrons. The van der Waals surface area contributed by atoms with E-state index in [2.05, 4.69) is 26.4 Å². The lowest BCUT2D eigenvalue weighted by Crippen LogP contribution is -2.43. The molecule has 0 spiro atoms. The van der Waals surface area contributed by atoms with E-state index in [0.717, 1.165) is 24.1 Å². The minimum Gasteiger partial charge on any atom is -0.349 e. The van der Waals surface area contributed by atoms with Crippen LogP contribution in [0.15, 0.2) is 54.2 Å². The zero-order valence-corrected chi connectivity index (χ0v) is 17.8. The molecule has 1 N–H and O–H groups in total. The Morgan fingerprint density at radius 2 is 1.97 bits per heavy atom. The van der Waals surface area contributed by atoms with Gasteiger partial charge in [-0.2, -0.15) is 5.10 Å². The van der Waals surface area contributed by atoms with Gasteiger partial charge in [-0.05, 0) is 36.5 Å². The molecule has 1 aliphatic rings. The van der Waals surface area contributed by atoms with Crippen LogP contribution in [0.4, 0.5) is 0 Å². The molecule has 1 aliphatic carbocycles. The first-order valence-electron chi connectivity index (χ1n) is 9.38. The fourth-order valence-electron chi connectivity index (χ4n) is 3.41. The summed E-state index contributed by atoms with van der Waals surface area (Å²) in [4.78, 5) is 20.2. The van der Waals surface area contributed by atoms with E-state index < -0.39 is 9.84 Å². The van der Waals surface area contributed by atoms with E-state index >= 15 is 0 Å². The highest BCUT2D eigenvalue weighted by Crippen LogP contribution is 2.37. The van der Waals surface area contributed by atoms with Gasteiger partial charge in [0.2, 0.25) is 15.0 Å². The Morgan fingerprint density at radius 1 is 1.23 bits per heavy atom. The van der Waals surface area contributed by atoms with Gasteiger partial charge in [0, 0.05) is 41.5 Å². The normalized spacial score (nSPS) is 18.6. The van der Waals surface area contributed by atoms with E-state index in [0.29, 0.717) is 23.6 Å². The molecule has 8 nitrogen and oxygen atoms in total. The predicted molar refractivity (Wildman–Crippen MR) is 111 cm³/mol. The van der Waals surface area contributed by atoms with E-state index in [1.54, 1.807) is 10.9 Å². The number of nitrogens with one attached hydrogen (secondary N) is 1. The predicted octanol–water partition coefficient (Wildman–Crippen LogP) is 2.45. The van der Waals surface area contributed by atoms with Crippen molar-refractivity contribution in [1.82, 2.24) is 25.1 Å². The number of halogens is 1. The van der Waals surface area contributed by atoms with Gasteiger partial charge in [-0.3, -0.25) is 9.48 Å². The van der Waals surface area contributed by atoms with E-state index in [4.69, 9.17) is 11.6 Å². The topological polar surface area (TPSA) is 107 Å². The molecular formula is C20H20ClN5O3S. The van der Waals surface area contributed by atoms with Crippen LogP contribution in [0.2, 0.25) is 5.02 Å². The van der Waals surface area contributed by atoms with Crippen molar-refractivity contribution < 1.29 is 13.2 Å². The lowest BCUT2D eigenvalue weighted by molar-refractivity contribution is 0.0909. The van der Waals surface area contributed by atoms with Crippen LogP contribution in [0.3, 0.4) is 0 Å². The second-order valence-corrected chi connectivity index (χ2v) is 9.81. The third kappa shape index (κ3) is 4.68. The molecule has 0 atom stereocenters. The summed E-state index contributed by atoms with van der Waals surface area (Å²) in [5.41, 5.74) is 2.35. The summed E-state index contributed by atoms with van der Waals surface area (Å²) in [6, 6.07) is 7.96. The Balaban J connectivity index is 1.31. The number of carbonyl (C=O) groups is 1. The fourth-order valence-corrected chi connectivity index (χ4v) is 4.09. The van der Waals surface area contributed by atoms with Crippen molar-refractivity contribution in [1.29, 1.82) is 0 Å². The van der Waals surface area contributed by atoms with Crippen LogP contribution in [0, 0.1) is 0 Å². The highest BCUT2D eigenvalue weighted by atomic mass is 35.5. The van der Waals surface area contributed by atoms with Crippen molar-refractivity contribution in [3.8, 4) is 0 Å². The summed E-state index contributed by atoms with van der Waals surface area (Å²) < 4.78 is 24.4. The van der Waals surface area contributed by atoms with Gasteiger partial charge < -0.3 is 5.32 Å². The molecule has 156 valence electrons. The lowest BCUT2D eigenvalue weighted by Gasteiger charge is -2.36. The summed E-state index contributed by atoms with van der Waals surface area (Å²) in [7, 11) is -3.44. The monoisotopic (exact) mass is 445 g/mol. The van der Waals surface area contributed by atoms with Crippen molar-refractivity contribution in [2.45, 2.75) is 36.5 Å². The zero-order chi connectivity index (χ0) is 21.3. The summed E-state index contributed by atoms with van der Waals surface area (Å²) in [6.45, 7) is 0.331.